The van der Waals surface area contributed by atoms with Crippen molar-refractivity contribution in [1.29, 1.82) is 0 Å². The van der Waals surface area contributed by atoms with E-state index in [4.69, 9.17) is 22.1 Å². The molecule has 2 N–H and O–H groups in total. The highest BCUT2D eigenvalue weighted by Gasteiger charge is 2.15. The van der Waals surface area contributed by atoms with Gasteiger partial charge in [0, 0.05) is 26.3 Å². The van der Waals surface area contributed by atoms with E-state index in [9.17, 15) is 0 Å². The summed E-state index contributed by atoms with van der Waals surface area (Å²) in [5, 5.41) is 2.82. The van der Waals surface area contributed by atoms with E-state index in [1.165, 1.54) is 0 Å². The Labute approximate surface area is 130 Å². The van der Waals surface area contributed by atoms with Gasteiger partial charge in [0.05, 0.1) is 0 Å². The van der Waals surface area contributed by atoms with Crippen molar-refractivity contribution < 1.29 is 4.74 Å². The summed E-state index contributed by atoms with van der Waals surface area (Å²) in [4.78, 5) is 1.11. The normalized spacial score (nSPS) is 12.5. The number of rotatable bonds is 4. The van der Waals surface area contributed by atoms with Crippen molar-refractivity contribution in [2.24, 2.45) is 5.73 Å². The highest BCUT2D eigenvalue weighted by atomic mass is 79.9. The third-order valence-electron chi connectivity index (χ3n) is 2.81. The molecule has 0 saturated carbocycles. The molecule has 19 heavy (non-hydrogen) atoms. The maximum atomic E-state index is 6.16. The SMILES string of the molecule is Cc1cc(OC(CN)c2cc(Br)cs2)cc(C)c1Cl. The van der Waals surface area contributed by atoms with Gasteiger partial charge in [-0.15, -0.1) is 11.3 Å². The highest BCUT2D eigenvalue weighted by molar-refractivity contribution is 9.10. The van der Waals surface area contributed by atoms with Gasteiger partial charge in [-0.05, 0) is 59.1 Å². The molecule has 2 rings (SSSR count). The molecule has 2 nitrogen and oxygen atoms in total. The average Bonchev–Trinajstić information content (AvgIpc) is 2.79. The monoisotopic (exact) mass is 359 g/mol. The number of ether oxygens (including phenoxy) is 1. The number of nitrogens with two attached hydrogens (primary N) is 1. The van der Waals surface area contributed by atoms with Crippen LogP contribution in [-0.4, -0.2) is 6.54 Å². The van der Waals surface area contributed by atoms with Crippen LogP contribution in [0.15, 0.2) is 28.1 Å². The first-order chi connectivity index (χ1) is 9.01. The molecular formula is C14H15BrClNOS. The molecule has 0 aliphatic heterocycles. The summed E-state index contributed by atoms with van der Waals surface area (Å²) in [5.74, 6) is 0.805. The van der Waals surface area contributed by atoms with Crippen molar-refractivity contribution in [3.05, 3.63) is 49.1 Å². The van der Waals surface area contributed by atoms with Crippen LogP contribution in [0.25, 0.3) is 0 Å². The van der Waals surface area contributed by atoms with E-state index < -0.39 is 0 Å². The van der Waals surface area contributed by atoms with Gasteiger partial charge in [-0.2, -0.15) is 0 Å². The van der Waals surface area contributed by atoms with E-state index in [2.05, 4.69) is 15.9 Å². The molecular weight excluding hydrogens is 346 g/mol. The molecule has 1 atom stereocenters. The van der Waals surface area contributed by atoms with Crippen LogP contribution < -0.4 is 10.5 Å². The first-order valence-electron chi connectivity index (χ1n) is 5.88. The Morgan fingerprint density at radius 3 is 2.42 bits per heavy atom. The standard InChI is InChI=1S/C14H15BrClNOS/c1-8-3-11(4-9(2)14(8)16)18-12(6-17)13-5-10(15)7-19-13/h3-5,7,12H,6,17H2,1-2H3. The molecule has 0 aliphatic carbocycles. The third-order valence-corrected chi connectivity index (χ3v) is 5.19. The maximum absolute atomic E-state index is 6.16. The number of benzene rings is 1. The molecule has 102 valence electrons. The quantitative estimate of drug-likeness (QED) is 0.845. The lowest BCUT2D eigenvalue weighted by Gasteiger charge is -2.17. The summed E-state index contributed by atoms with van der Waals surface area (Å²) in [7, 11) is 0. The van der Waals surface area contributed by atoms with Gasteiger partial charge < -0.3 is 10.5 Å². The van der Waals surface area contributed by atoms with Gasteiger partial charge >= 0.3 is 0 Å². The van der Waals surface area contributed by atoms with Crippen LogP contribution in [0.2, 0.25) is 5.02 Å². The largest absolute Gasteiger partial charge is 0.484 e. The predicted molar refractivity (Wildman–Crippen MR) is 85.4 cm³/mol. The number of thiophene rings is 1. The van der Waals surface area contributed by atoms with Crippen LogP contribution in [0.5, 0.6) is 5.75 Å². The van der Waals surface area contributed by atoms with E-state index >= 15 is 0 Å². The van der Waals surface area contributed by atoms with Gasteiger partial charge in [-0.3, -0.25) is 0 Å². The first kappa shape index (κ1) is 14.9. The minimum Gasteiger partial charge on any atom is -0.484 e. The van der Waals surface area contributed by atoms with Crippen molar-refractivity contribution >= 4 is 38.9 Å². The lowest BCUT2D eigenvalue weighted by atomic mass is 10.1. The van der Waals surface area contributed by atoms with Crippen molar-refractivity contribution in [2.75, 3.05) is 6.54 Å². The molecule has 0 bridgehead atoms. The molecule has 1 aromatic heterocycles. The average molecular weight is 361 g/mol. The fraction of sp³-hybridized carbons (Fsp3) is 0.286. The molecule has 2 aromatic rings. The Balaban J connectivity index is 2.23. The number of halogens is 2. The Morgan fingerprint density at radius 2 is 1.95 bits per heavy atom. The van der Waals surface area contributed by atoms with Gasteiger partial charge in [-0.25, -0.2) is 0 Å². The second-order valence-electron chi connectivity index (χ2n) is 4.38. The Morgan fingerprint density at radius 1 is 1.32 bits per heavy atom. The van der Waals surface area contributed by atoms with Crippen LogP contribution in [0.4, 0.5) is 0 Å². The molecule has 0 amide bonds. The van der Waals surface area contributed by atoms with Crippen LogP contribution in [0.3, 0.4) is 0 Å². The van der Waals surface area contributed by atoms with E-state index in [1.807, 2.05) is 37.4 Å². The van der Waals surface area contributed by atoms with E-state index in [1.54, 1.807) is 11.3 Å². The second-order valence-corrected chi connectivity index (χ2v) is 6.62. The van der Waals surface area contributed by atoms with Gasteiger partial charge in [0.1, 0.15) is 11.9 Å². The summed E-state index contributed by atoms with van der Waals surface area (Å²) in [6.07, 6.45) is -0.128. The number of aryl methyl sites for hydroxylation is 2. The number of hydrogen-bond donors (Lipinski definition) is 1. The number of hydrogen-bond acceptors (Lipinski definition) is 3. The molecule has 0 fully saturated rings. The minimum absolute atomic E-state index is 0.128. The maximum Gasteiger partial charge on any atom is 0.145 e. The Bertz CT molecular complexity index is 562. The van der Waals surface area contributed by atoms with Crippen molar-refractivity contribution in [2.45, 2.75) is 20.0 Å². The van der Waals surface area contributed by atoms with Crippen molar-refractivity contribution in [3.8, 4) is 5.75 Å². The van der Waals surface area contributed by atoms with Crippen LogP contribution in [0.1, 0.15) is 22.1 Å². The second kappa shape index (κ2) is 6.27. The summed E-state index contributed by atoms with van der Waals surface area (Å²) in [6, 6.07) is 5.93. The highest BCUT2D eigenvalue weighted by Crippen LogP contribution is 2.31. The van der Waals surface area contributed by atoms with Crippen molar-refractivity contribution in [3.63, 3.8) is 0 Å². The zero-order valence-corrected chi connectivity index (χ0v) is 13.9. The van der Waals surface area contributed by atoms with Gasteiger partial charge in [-0.1, -0.05) is 11.6 Å². The van der Waals surface area contributed by atoms with E-state index in [-0.39, 0.29) is 6.10 Å². The Kier molecular flexibility index (Phi) is 4.90. The first-order valence-corrected chi connectivity index (χ1v) is 7.93. The molecule has 0 aliphatic rings. The summed E-state index contributed by atoms with van der Waals surface area (Å²) < 4.78 is 7.04. The molecule has 1 unspecified atom stereocenters. The summed E-state index contributed by atoms with van der Waals surface area (Å²) >= 11 is 11.2. The van der Waals surface area contributed by atoms with Gasteiger partial charge in [0.25, 0.3) is 0 Å². The molecule has 1 heterocycles. The Hall–Kier alpha value is -0.550. The zero-order chi connectivity index (χ0) is 14.0. The summed E-state index contributed by atoms with van der Waals surface area (Å²) in [5.41, 5.74) is 7.84. The lowest BCUT2D eigenvalue weighted by molar-refractivity contribution is 0.218. The lowest BCUT2D eigenvalue weighted by Crippen LogP contribution is -2.17. The zero-order valence-electron chi connectivity index (χ0n) is 10.7. The predicted octanol–water partition coefficient (Wildman–Crippen LogP) is 4.86. The minimum atomic E-state index is -0.128. The van der Waals surface area contributed by atoms with Crippen LogP contribution in [0, 0.1) is 13.8 Å². The van der Waals surface area contributed by atoms with Crippen LogP contribution in [-0.2, 0) is 0 Å². The molecule has 0 saturated heterocycles. The fourth-order valence-electron chi connectivity index (χ4n) is 1.86. The van der Waals surface area contributed by atoms with Gasteiger partial charge in [0.2, 0.25) is 0 Å². The smallest absolute Gasteiger partial charge is 0.145 e. The molecule has 1 aromatic carbocycles. The van der Waals surface area contributed by atoms with E-state index in [0.717, 1.165) is 31.2 Å². The van der Waals surface area contributed by atoms with E-state index in [0.29, 0.717) is 6.54 Å². The topological polar surface area (TPSA) is 35.2 Å². The third kappa shape index (κ3) is 3.51. The summed E-state index contributed by atoms with van der Waals surface area (Å²) in [6.45, 7) is 4.39. The fourth-order valence-corrected chi connectivity index (χ4v) is 3.45. The molecule has 0 radical (unpaired) electrons. The van der Waals surface area contributed by atoms with Crippen molar-refractivity contribution in [1.82, 2.24) is 0 Å². The molecule has 5 heteroatoms. The molecule has 0 spiro atoms. The van der Waals surface area contributed by atoms with Crippen LogP contribution >= 0.6 is 38.9 Å². The van der Waals surface area contributed by atoms with Gasteiger partial charge in [0.15, 0.2) is 0 Å².